The van der Waals surface area contributed by atoms with Crippen molar-refractivity contribution in [2.45, 2.75) is 0 Å². The molecule has 21 heavy (non-hydrogen) atoms. The molecule has 8 nitrogen and oxygen atoms in total. The number of nitro groups is 1. The van der Waals surface area contributed by atoms with Crippen molar-refractivity contribution in [2.75, 3.05) is 13.1 Å². The van der Waals surface area contributed by atoms with Crippen molar-refractivity contribution in [1.29, 1.82) is 0 Å². The SMILES string of the molecule is O=C1CN(C(=O)c2c(F)ccc([N+](=O)[O-])c2F)CC(=O)N1. The summed E-state index contributed by atoms with van der Waals surface area (Å²) in [6, 6.07) is 1.15. The molecule has 1 fully saturated rings. The van der Waals surface area contributed by atoms with E-state index in [1.54, 1.807) is 0 Å². The number of carbonyl (C=O) groups is 3. The number of rotatable bonds is 2. The second kappa shape index (κ2) is 5.23. The van der Waals surface area contributed by atoms with E-state index in [1.165, 1.54) is 0 Å². The van der Waals surface area contributed by atoms with Crippen LogP contribution in [0.25, 0.3) is 0 Å². The topological polar surface area (TPSA) is 110 Å². The lowest BCUT2D eigenvalue weighted by Crippen LogP contribution is -2.53. The standard InChI is InChI=1S/C11H7F2N3O5/c12-5-1-2-6(16(20)21)10(13)9(5)11(19)15-3-7(17)14-8(18)4-15/h1-2H,3-4H2,(H,14,17,18). The maximum absolute atomic E-state index is 13.9. The van der Waals surface area contributed by atoms with Gasteiger partial charge >= 0.3 is 5.69 Å². The molecule has 0 atom stereocenters. The molecule has 0 aliphatic carbocycles. The van der Waals surface area contributed by atoms with E-state index in [1.807, 2.05) is 5.32 Å². The number of nitro benzene ring substituents is 1. The minimum Gasteiger partial charge on any atom is -0.320 e. The van der Waals surface area contributed by atoms with Crippen LogP contribution in [0.2, 0.25) is 0 Å². The van der Waals surface area contributed by atoms with Gasteiger partial charge < -0.3 is 4.90 Å². The van der Waals surface area contributed by atoms with E-state index in [0.717, 1.165) is 0 Å². The monoisotopic (exact) mass is 299 g/mol. The molecule has 110 valence electrons. The van der Waals surface area contributed by atoms with Crippen LogP contribution in [0, 0.1) is 21.7 Å². The van der Waals surface area contributed by atoms with Gasteiger partial charge in [-0.15, -0.1) is 0 Å². The van der Waals surface area contributed by atoms with Crippen molar-refractivity contribution >= 4 is 23.4 Å². The number of carbonyl (C=O) groups excluding carboxylic acids is 3. The van der Waals surface area contributed by atoms with E-state index in [2.05, 4.69) is 0 Å². The van der Waals surface area contributed by atoms with Gasteiger partial charge in [0.2, 0.25) is 17.6 Å². The normalized spacial score (nSPS) is 14.9. The molecule has 0 aromatic heterocycles. The molecule has 1 N–H and O–H groups in total. The second-order valence-electron chi connectivity index (χ2n) is 4.15. The zero-order chi connectivity index (χ0) is 15.7. The Labute approximate surface area is 115 Å². The van der Waals surface area contributed by atoms with Crippen LogP contribution in [0.3, 0.4) is 0 Å². The third-order valence-electron chi connectivity index (χ3n) is 2.72. The van der Waals surface area contributed by atoms with E-state index in [0.29, 0.717) is 17.0 Å². The van der Waals surface area contributed by atoms with Gasteiger partial charge in [-0.3, -0.25) is 29.8 Å². The zero-order valence-electron chi connectivity index (χ0n) is 10.3. The number of piperazine rings is 1. The minimum atomic E-state index is -1.65. The van der Waals surface area contributed by atoms with Gasteiger partial charge in [0.05, 0.1) is 4.92 Å². The Morgan fingerprint density at radius 3 is 2.33 bits per heavy atom. The fourth-order valence-electron chi connectivity index (χ4n) is 1.82. The van der Waals surface area contributed by atoms with Crippen LogP contribution in [0.1, 0.15) is 10.4 Å². The van der Waals surface area contributed by atoms with Gasteiger partial charge in [0.1, 0.15) is 24.5 Å². The van der Waals surface area contributed by atoms with E-state index in [4.69, 9.17) is 0 Å². The highest BCUT2D eigenvalue weighted by Gasteiger charge is 2.33. The average molecular weight is 299 g/mol. The summed E-state index contributed by atoms with van der Waals surface area (Å²) in [4.78, 5) is 44.4. The van der Waals surface area contributed by atoms with Crippen LogP contribution in [0.5, 0.6) is 0 Å². The summed E-state index contributed by atoms with van der Waals surface area (Å²) in [5, 5.41) is 12.5. The fourth-order valence-corrected chi connectivity index (χ4v) is 1.82. The minimum absolute atomic E-state index is 0.570. The maximum Gasteiger partial charge on any atom is 0.305 e. The number of hydrogen-bond acceptors (Lipinski definition) is 5. The first kappa shape index (κ1) is 14.5. The van der Waals surface area contributed by atoms with Crippen molar-refractivity contribution in [3.63, 3.8) is 0 Å². The van der Waals surface area contributed by atoms with Gasteiger partial charge in [-0.25, -0.2) is 4.39 Å². The average Bonchev–Trinajstić information content (AvgIpc) is 2.36. The number of nitrogens with one attached hydrogen (secondary N) is 1. The van der Waals surface area contributed by atoms with Crippen LogP contribution in [0.4, 0.5) is 14.5 Å². The third kappa shape index (κ3) is 2.68. The molecule has 1 heterocycles. The molecule has 1 aliphatic rings. The Morgan fingerprint density at radius 1 is 1.24 bits per heavy atom. The molecule has 1 aliphatic heterocycles. The maximum atomic E-state index is 13.9. The Balaban J connectivity index is 2.43. The summed E-state index contributed by atoms with van der Waals surface area (Å²) in [6.45, 7) is -1.15. The van der Waals surface area contributed by atoms with Crippen molar-refractivity contribution in [3.8, 4) is 0 Å². The van der Waals surface area contributed by atoms with Gasteiger partial charge in [-0.05, 0) is 6.07 Å². The lowest BCUT2D eigenvalue weighted by molar-refractivity contribution is -0.387. The Morgan fingerprint density at radius 2 is 1.81 bits per heavy atom. The molecule has 0 bridgehead atoms. The Bertz CT molecular complexity index is 660. The number of nitrogens with zero attached hydrogens (tertiary/aromatic N) is 2. The van der Waals surface area contributed by atoms with E-state index in [-0.39, 0.29) is 0 Å². The fraction of sp³-hybridized carbons (Fsp3) is 0.182. The second-order valence-corrected chi connectivity index (χ2v) is 4.15. The van der Waals surface area contributed by atoms with Crippen molar-refractivity contribution in [3.05, 3.63) is 39.4 Å². The zero-order valence-corrected chi connectivity index (χ0v) is 10.3. The van der Waals surface area contributed by atoms with Gasteiger partial charge in [0.25, 0.3) is 5.91 Å². The predicted molar refractivity (Wildman–Crippen MR) is 62.1 cm³/mol. The summed E-state index contributed by atoms with van der Waals surface area (Å²) >= 11 is 0. The number of halogens is 2. The highest BCUT2D eigenvalue weighted by Crippen LogP contribution is 2.24. The molecule has 0 radical (unpaired) electrons. The van der Waals surface area contributed by atoms with Gasteiger partial charge in [0, 0.05) is 6.07 Å². The van der Waals surface area contributed by atoms with E-state index < -0.39 is 58.6 Å². The molecule has 0 spiro atoms. The number of imide groups is 1. The molecular formula is C11H7F2N3O5. The van der Waals surface area contributed by atoms with E-state index in [9.17, 15) is 33.3 Å². The molecule has 10 heteroatoms. The van der Waals surface area contributed by atoms with Crippen LogP contribution in [-0.2, 0) is 9.59 Å². The number of amides is 3. The number of hydrogen-bond donors (Lipinski definition) is 1. The number of benzene rings is 1. The highest BCUT2D eigenvalue weighted by molar-refractivity contribution is 6.06. The van der Waals surface area contributed by atoms with Crippen molar-refractivity contribution in [2.24, 2.45) is 0 Å². The van der Waals surface area contributed by atoms with Gasteiger partial charge in [-0.1, -0.05) is 0 Å². The summed E-state index contributed by atoms with van der Waals surface area (Å²) in [7, 11) is 0. The first-order valence-electron chi connectivity index (χ1n) is 5.55. The summed E-state index contributed by atoms with van der Waals surface area (Å²) < 4.78 is 27.5. The molecule has 2 rings (SSSR count). The van der Waals surface area contributed by atoms with Crippen LogP contribution < -0.4 is 5.32 Å². The van der Waals surface area contributed by atoms with Gasteiger partial charge in [0.15, 0.2) is 0 Å². The first-order chi connectivity index (χ1) is 9.81. The van der Waals surface area contributed by atoms with Crippen LogP contribution >= 0.6 is 0 Å². The molecule has 3 amide bonds. The predicted octanol–water partition coefficient (Wildman–Crippen LogP) is -0.0284. The summed E-state index contributed by atoms with van der Waals surface area (Å²) in [6.07, 6.45) is 0. The van der Waals surface area contributed by atoms with Gasteiger partial charge in [-0.2, -0.15) is 4.39 Å². The molecule has 1 aromatic carbocycles. The Hall–Kier alpha value is -2.91. The lowest BCUT2D eigenvalue weighted by atomic mass is 10.1. The third-order valence-corrected chi connectivity index (χ3v) is 2.72. The smallest absolute Gasteiger partial charge is 0.305 e. The molecule has 0 saturated carbocycles. The quantitative estimate of drug-likeness (QED) is 0.468. The first-order valence-corrected chi connectivity index (χ1v) is 5.55. The van der Waals surface area contributed by atoms with Crippen molar-refractivity contribution in [1.82, 2.24) is 10.2 Å². The molecule has 1 saturated heterocycles. The van der Waals surface area contributed by atoms with Crippen LogP contribution in [-0.4, -0.2) is 40.6 Å². The molecule has 0 unspecified atom stereocenters. The molecular weight excluding hydrogens is 292 g/mol. The summed E-state index contributed by atoms with van der Waals surface area (Å²) in [5.74, 6) is -5.90. The summed E-state index contributed by atoms with van der Waals surface area (Å²) in [5.41, 5.74) is -2.25. The van der Waals surface area contributed by atoms with Crippen LogP contribution in [0.15, 0.2) is 12.1 Å². The van der Waals surface area contributed by atoms with E-state index >= 15 is 0 Å². The largest absolute Gasteiger partial charge is 0.320 e. The van der Waals surface area contributed by atoms with Crippen molar-refractivity contribution < 1.29 is 28.1 Å². The Kier molecular flexibility index (Phi) is 3.61. The highest BCUT2D eigenvalue weighted by atomic mass is 19.1. The lowest BCUT2D eigenvalue weighted by Gasteiger charge is -2.25. The molecule has 1 aromatic rings.